The smallest absolute Gasteiger partial charge is 0.408 e. The van der Waals surface area contributed by atoms with Crippen molar-refractivity contribution in [2.45, 2.75) is 44.7 Å². The van der Waals surface area contributed by atoms with Crippen molar-refractivity contribution < 1.29 is 31.9 Å². The fraction of sp³-hybridized carbons (Fsp3) is 0.300. The summed E-state index contributed by atoms with van der Waals surface area (Å²) in [6.07, 6.45) is 2.25. The van der Waals surface area contributed by atoms with Crippen LogP contribution in [0.15, 0.2) is 82.8 Å². The van der Waals surface area contributed by atoms with Crippen molar-refractivity contribution >= 4 is 39.0 Å². The van der Waals surface area contributed by atoms with Crippen molar-refractivity contribution in [1.82, 2.24) is 30.8 Å². The van der Waals surface area contributed by atoms with Gasteiger partial charge in [-0.2, -0.15) is 4.39 Å². The standard InChI is InChI=1S/C30H31FN6O6S2/c1-30(2,3)43-29(39)32-23-16-45(40,41)28-24(25(23)38)19(15-22(26(31)33-28)27-34-35-36-37(27)17-44-4)14-18-10-12-21(13-11-18)42-20-8-6-5-7-9-20/h5-13,15,23,33H,14,16-17H2,1-4H3,(H,32,39)/t23-/m0/s1. The van der Waals surface area contributed by atoms with Gasteiger partial charge >= 0.3 is 6.09 Å². The van der Waals surface area contributed by atoms with Gasteiger partial charge in [-0.1, -0.05) is 30.3 Å². The number of Topliss-reactive ketones (excluding diaryl/α,β-unsaturated/α-hetero) is 1. The minimum absolute atomic E-state index is 0.0213. The molecule has 0 saturated heterocycles. The van der Waals surface area contributed by atoms with Crippen LogP contribution in [0.1, 0.15) is 32.2 Å². The van der Waals surface area contributed by atoms with E-state index in [1.54, 1.807) is 45.0 Å². The predicted octanol–water partition coefficient (Wildman–Crippen LogP) is 4.30. The summed E-state index contributed by atoms with van der Waals surface area (Å²) in [5, 5.41) is 15.7. The van der Waals surface area contributed by atoms with Gasteiger partial charge in [-0.05, 0) is 85.4 Å². The first-order chi connectivity index (χ1) is 21.3. The van der Waals surface area contributed by atoms with E-state index < -0.39 is 50.1 Å². The second-order valence-electron chi connectivity index (χ2n) is 11.2. The molecule has 45 heavy (non-hydrogen) atoms. The average molecular weight is 655 g/mol. The lowest BCUT2D eigenvalue weighted by Gasteiger charge is -2.28. The molecule has 1 atom stereocenters. The highest BCUT2D eigenvalue weighted by molar-refractivity contribution is 7.97. The molecule has 0 unspecified atom stereocenters. The number of allylic oxidation sites excluding steroid dienone is 3. The third-order valence-corrected chi connectivity index (χ3v) is 8.80. The van der Waals surface area contributed by atoms with Gasteiger partial charge in [0, 0.05) is 0 Å². The van der Waals surface area contributed by atoms with E-state index in [0.29, 0.717) is 17.1 Å². The van der Waals surface area contributed by atoms with Crippen LogP contribution in [-0.2, 0) is 31.7 Å². The van der Waals surface area contributed by atoms with Crippen LogP contribution in [0.2, 0.25) is 0 Å². The Balaban J connectivity index is 1.56. The Hall–Kier alpha value is -4.50. The molecular formula is C30H31FN6O6S2. The third kappa shape index (κ3) is 7.42. The fourth-order valence-corrected chi connectivity index (χ4v) is 6.77. The van der Waals surface area contributed by atoms with E-state index in [-0.39, 0.29) is 34.8 Å². The third-order valence-electron chi connectivity index (χ3n) is 6.60. The number of hydrogen-bond acceptors (Lipinski definition) is 11. The SMILES string of the molecule is CSCn1nnnc1C1=C(F)NC2=C(C(=O)[C@@H](NC(=O)OC(C)(C)C)CS2(=O)=O)C(Cc2ccc(Oc3ccccc3)cc2)=C1. The lowest BCUT2D eigenvalue weighted by atomic mass is 9.91. The summed E-state index contributed by atoms with van der Waals surface area (Å²) >= 11 is 1.39. The molecule has 3 aromatic rings. The predicted molar refractivity (Wildman–Crippen MR) is 166 cm³/mol. The number of tetrazole rings is 1. The lowest BCUT2D eigenvalue weighted by molar-refractivity contribution is -0.117. The minimum atomic E-state index is -4.31. The summed E-state index contributed by atoms with van der Waals surface area (Å²) in [4.78, 5) is 26.5. The van der Waals surface area contributed by atoms with Gasteiger partial charge in [-0.15, -0.1) is 16.9 Å². The summed E-state index contributed by atoms with van der Waals surface area (Å²) in [5.41, 5.74) is -0.451. The zero-order chi connectivity index (χ0) is 32.4. The Bertz CT molecular complexity index is 1810. The minimum Gasteiger partial charge on any atom is -0.457 e. The molecule has 0 fully saturated rings. The van der Waals surface area contributed by atoms with E-state index in [4.69, 9.17) is 9.47 Å². The van der Waals surface area contributed by atoms with Gasteiger partial charge in [-0.25, -0.2) is 17.9 Å². The quantitative estimate of drug-likeness (QED) is 0.334. The van der Waals surface area contributed by atoms with E-state index in [1.807, 2.05) is 36.6 Å². The molecule has 1 aromatic heterocycles. The number of nitrogens with one attached hydrogen (secondary N) is 2. The molecule has 15 heteroatoms. The Labute approximate surface area is 263 Å². The number of nitrogens with zero attached hydrogens (tertiary/aromatic N) is 4. The first-order valence-corrected chi connectivity index (χ1v) is 16.8. The largest absolute Gasteiger partial charge is 0.457 e. The van der Waals surface area contributed by atoms with Crippen LogP contribution in [0.4, 0.5) is 9.18 Å². The molecule has 0 spiro atoms. The normalized spacial score (nSPS) is 18.0. The number of rotatable bonds is 8. The Morgan fingerprint density at radius 1 is 1.13 bits per heavy atom. The number of benzene rings is 2. The monoisotopic (exact) mass is 654 g/mol. The van der Waals surface area contributed by atoms with Gasteiger partial charge in [0.2, 0.25) is 5.95 Å². The van der Waals surface area contributed by atoms with Gasteiger partial charge in [0.25, 0.3) is 0 Å². The van der Waals surface area contributed by atoms with Gasteiger partial charge < -0.3 is 20.1 Å². The molecule has 12 nitrogen and oxygen atoms in total. The molecule has 2 aromatic carbocycles. The highest BCUT2D eigenvalue weighted by Gasteiger charge is 2.43. The molecule has 0 bridgehead atoms. The van der Waals surface area contributed by atoms with Crippen LogP contribution in [0.3, 0.4) is 0 Å². The number of amides is 1. The number of alkyl carbamates (subject to hydrolysis) is 1. The van der Waals surface area contributed by atoms with Crippen LogP contribution in [0.25, 0.3) is 5.57 Å². The van der Waals surface area contributed by atoms with Crippen molar-refractivity contribution in [2.75, 3.05) is 12.0 Å². The van der Waals surface area contributed by atoms with Gasteiger partial charge in [-0.3, -0.25) is 4.79 Å². The molecule has 3 heterocycles. The van der Waals surface area contributed by atoms with Gasteiger partial charge in [0.15, 0.2) is 21.4 Å². The fourth-order valence-electron chi connectivity index (χ4n) is 4.73. The zero-order valence-electron chi connectivity index (χ0n) is 24.9. The average Bonchev–Trinajstić information content (AvgIpc) is 3.36. The van der Waals surface area contributed by atoms with Crippen molar-refractivity contribution in [3.63, 3.8) is 0 Å². The van der Waals surface area contributed by atoms with Crippen LogP contribution >= 0.6 is 11.8 Å². The number of ketones is 1. The summed E-state index contributed by atoms with van der Waals surface area (Å²) in [5.74, 6) is -1.02. The van der Waals surface area contributed by atoms with Crippen LogP contribution in [-0.4, -0.2) is 64.2 Å². The Morgan fingerprint density at radius 3 is 2.49 bits per heavy atom. The molecule has 0 saturated carbocycles. The van der Waals surface area contributed by atoms with E-state index in [1.165, 1.54) is 22.5 Å². The van der Waals surface area contributed by atoms with Crippen molar-refractivity contribution in [3.8, 4) is 11.5 Å². The number of hydrogen-bond donors (Lipinski definition) is 2. The Kier molecular flexibility index (Phi) is 9.11. The Morgan fingerprint density at radius 2 is 1.82 bits per heavy atom. The van der Waals surface area contributed by atoms with Crippen LogP contribution in [0, 0.1) is 0 Å². The van der Waals surface area contributed by atoms with E-state index in [0.717, 1.165) is 0 Å². The van der Waals surface area contributed by atoms with Gasteiger partial charge in [0.05, 0.1) is 22.8 Å². The second kappa shape index (κ2) is 12.9. The maximum absolute atomic E-state index is 15.9. The molecule has 2 N–H and O–H groups in total. The highest BCUT2D eigenvalue weighted by Crippen LogP contribution is 2.36. The summed E-state index contributed by atoms with van der Waals surface area (Å²) in [6.45, 7) is 4.92. The second-order valence-corrected chi connectivity index (χ2v) is 14.0. The van der Waals surface area contributed by atoms with Crippen molar-refractivity contribution in [1.29, 1.82) is 0 Å². The first kappa shape index (κ1) is 31.9. The molecule has 2 aliphatic heterocycles. The van der Waals surface area contributed by atoms with Gasteiger partial charge in [0.1, 0.15) is 28.2 Å². The molecular weight excluding hydrogens is 623 g/mol. The first-order valence-electron chi connectivity index (χ1n) is 13.8. The molecule has 1 amide bonds. The number of ether oxygens (including phenoxy) is 2. The zero-order valence-corrected chi connectivity index (χ0v) is 26.5. The summed E-state index contributed by atoms with van der Waals surface area (Å²) in [7, 11) is -4.31. The maximum Gasteiger partial charge on any atom is 0.408 e. The molecule has 5 rings (SSSR count). The molecule has 2 aliphatic rings. The highest BCUT2D eigenvalue weighted by atomic mass is 32.2. The lowest BCUT2D eigenvalue weighted by Crippen LogP contribution is -2.51. The summed E-state index contributed by atoms with van der Waals surface area (Å²) in [6, 6.07) is 14.7. The number of sulfone groups is 1. The van der Waals surface area contributed by atoms with Crippen LogP contribution in [0.5, 0.6) is 11.5 Å². The number of aromatic nitrogens is 4. The topological polar surface area (TPSA) is 154 Å². The molecule has 0 radical (unpaired) electrons. The van der Waals surface area contributed by atoms with Crippen molar-refractivity contribution in [2.24, 2.45) is 0 Å². The number of carbonyl (C=O) groups is 2. The van der Waals surface area contributed by atoms with E-state index in [9.17, 15) is 18.0 Å². The van der Waals surface area contributed by atoms with Crippen molar-refractivity contribution in [3.05, 3.63) is 94.2 Å². The number of halogens is 1. The molecule has 0 aliphatic carbocycles. The number of carbonyl (C=O) groups excluding carboxylic acids is 2. The number of thioether (sulfide) groups is 1. The number of para-hydroxylation sites is 1. The van der Waals surface area contributed by atoms with Crippen LogP contribution < -0.4 is 15.4 Å². The van der Waals surface area contributed by atoms with E-state index in [2.05, 4.69) is 26.2 Å². The molecule has 236 valence electrons. The van der Waals surface area contributed by atoms with E-state index >= 15 is 4.39 Å². The summed E-state index contributed by atoms with van der Waals surface area (Å²) < 4.78 is 55.5. The maximum atomic E-state index is 15.9.